The molecule has 2 aromatic rings. The minimum absolute atomic E-state index is 0.0275. The highest BCUT2D eigenvalue weighted by Crippen LogP contribution is 2.36. The van der Waals surface area contributed by atoms with Crippen LogP contribution in [0.25, 0.3) is 5.57 Å². The van der Waals surface area contributed by atoms with E-state index in [0.717, 1.165) is 6.07 Å². The number of hydrogen-bond donors (Lipinski definition) is 1. The molecule has 0 bridgehead atoms. The molecule has 26 heavy (non-hydrogen) atoms. The van der Waals surface area contributed by atoms with Gasteiger partial charge >= 0.3 is 12.1 Å². The number of rotatable bonds is 4. The van der Waals surface area contributed by atoms with Gasteiger partial charge in [-0.2, -0.15) is 13.2 Å². The number of aryl methyl sites for hydroxylation is 1. The molecule has 8 heteroatoms. The fourth-order valence-corrected chi connectivity index (χ4v) is 3.17. The van der Waals surface area contributed by atoms with Crippen LogP contribution in [-0.4, -0.2) is 23.0 Å². The van der Waals surface area contributed by atoms with Crippen molar-refractivity contribution in [1.82, 2.24) is 0 Å². The first-order chi connectivity index (χ1) is 12.0. The molecule has 0 saturated heterocycles. The number of hydrogen-bond acceptors (Lipinski definition) is 2. The van der Waals surface area contributed by atoms with Gasteiger partial charge in [0, 0.05) is 15.1 Å². The van der Waals surface area contributed by atoms with Gasteiger partial charge in [-0.25, -0.2) is 4.79 Å². The molecule has 0 amide bonds. The maximum atomic E-state index is 13.4. The molecular formula is C18H11BrClF3O3. The molecule has 0 aliphatic heterocycles. The Labute approximate surface area is 160 Å². The largest absolute Gasteiger partial charge is 0.478 e. The lowest BCUT2D eigenvalue weighted by atomic mass is 9.99. The lowest BCUT2D eigenvalue weighted by molar-refractivity contribution is -0.0689. The van der Waals surface area contributed by atoms with Crippen LogP contribution in [0.5, 0.6) is 0 Å². The third-order valence-corrected chi connectivity index (χ3v) is 4.17. The molecule has 0 atom stereocenters. The quantitative estimate of drug-likeness (QED) is 0.466. The Kier molecular flexibility index (Phi) is 5.93. The Morgan fingerprint density at radius 3 is 2.27 bits per heavy atom. The van der Waals surface area contributed by atoms with Crippen LogP contribution >= 0.6 is 27.5 Å². The number of carboxylic acids is 1. The average Bonchev–Trinajstić information content (AvgIpc) is 2.49. The summed E-state index contributed by atoms with van der Waals surface area (Å²) in [5.74, 6) is -2.08. The highest BCUT2D eigenvalue weighted by Gasteiger charge is 2.35. The van der Waals surface area contributed by atoms with Crippen LogP contribution in [0.15, 0.2) is 46.9 Å². The van der Waals surface area contributed by atoms with E-state index in [1.807, 2.05) is 0 Å². The molecule has 0 unspecified atom stereocenters. The topological polar surface area (TPSA) is 54.4 Å². The molecule has 2 aromatic carbocycles. The van der Waals surface area contributed by atoms with E-state index in [4.69, 9.17) is 16.7 Å². The number of halogens is 5. The molecule has 0 spiro atoms. The van der Waals surface area contributed by atoms with Crippen molar-refractivity contribution in [3.05, 3.63) is 74.2 Å². The van der Waals surface area contributed by atoms with Crippen LogP contribution in [0, 0.1) is 6.92 Å². The normalized spacial score (nSPS) is 12.2. The highest BCUT2D eigenvalue weighted by molar-refractivity contribution is 9.10. The Hall–Kier alpha value is -2.12. The fraction of sp³-hybridized carbons (Fsp3) is 0.111. The van der Waals surface area contributed by atoms with E-state index in [1.54, 1.807) is 0 Å². The van der Waals surface area contributed by atoms with Crippen molar-refractivity contribution in [2.24, 2.45) is 0 Å². The maximum Gasteiger partial charge on any atom is 0.417 e. The molecular weight excluding hydrogens is 437 g/mol. The molecule has 0 aliphatic rings. The van der Waals surface area contributed by atoms with E-state index in [0.29, 0.717) is 10.5 Å². The Balaban J connectivity index is 2.52. The van der Waals surface area contributed by atoms with Crippen molar-refractivity contribution in [2.75, 3.05) is 0 Å². The van der Waals surface area contributed by atoms with Gasteiger partial charge in [-0.3, -0.25) is 4.79 Å². The summed E-state index contributed by atoms with van der Waals surface area (Å²) >= 11 is 8.87. The lowest BCUT2D eigenvalue weighted by Crippen LogP contribution is -2.13. The first kappa shape index (κ1) is 20.2. The zero-order valence-electron chi connectivity index (χ0n) is 13.2. The summed E-state index contributed by atoms with van der Waals surface area (Å²) in [4.78, 5) is 23.3. The smallest absolute Gasteiger partial charge is 0.417 e. The molecule has 0 radical (unpaired) electrons. The van der Waals surface area contributed by atoms with Gasteiger partial charge in [0.05, 0.1) is 11.1 Å². The van der Waals surface area contributed by atoms with Gasteiger partial charge in [-0.05, 0) is 54.5 Å². The Morgan fingerprint density at radius 1 is 1.12 bits per heavy atom. The van der Waals surface area contributed by atoms with Gasteiger partial charge in [0.25, 0.3) is 0 Å². The van der Waals surface area contributed by atoms with Gasteiger partial charge in [-0.15, -0.1) is 0 Å². The van der Waals surface area contributed by atoms with Gasteiger partial charge < -0.3 is 5.11 Å². The minimum atomic E-state index is -4.78. The van der Waals surface area contributed by atoms with E-state index in [9.17, 15) is 22.8 Å². The third kappa shape index (κ3) is 4.74. The average molecular weight is 448 g/mol. The first-order valence-electron chi connectivity index (χ1n) is 7.12. The molecule has 0 fully saturated rings. The molecule has 0 aliphatic carbocycles. The number of allylic oxidation sites excluding steroid dienone is 2. The number of benzene rings is 2. The van der Waals surface area contributed by atoms with Crippen molar-refractivity contribution < 1.29 is 27.9 Å². The molecule has 0 saturated carbocycles. The van der Waals surface area contributed by atoms with Gasteiger partial charge in [-0.1, -0.05) is 33.6 Å². The predicted molar refractivity (Wildman–Crippen MR) is 95.7 cm³/mol. The highest BCUT2D eigenvalue weighted by atomic mass is 79.9. The van der Waals surface area contributed by atoms with Crippen molar-refractivity contribution in [3.63, 3.8) is 0 Å². The van der Waals surface area contributed by atoms with E-state index in [2.05, 4.69) is 15.9 Å². The standard InChI is InChI=1S/C18H11BrClF3O3/c1-9-4-10(2-3-14(9)17(25)26)16(24)8-15(18(21,22)23)11-5-12(19)7-13(20)6-11/h2-8H,1H3,(H,25,26). The summed E-state index contributed by atoms with van der Waals surface area (Å²) < 4.78 is 40.7. The van der Waals surface area contributed by atoms with Crippen molar-refractivity contribution >= 4 is 44.9 Å². The van der Waals surface area contributed by atoms with Crippen molar-refractivity contribution in [1.29, 1.82) is 0 Å². The summed E-state index contributed by atoms with van der Waals surface area (Å²) in [7, 11) is 0. The summed E-state index contributed by atoms with van der Waals surface area (Å²) in [5.41, 5.74) is -1.21. The number of alkyl halides is 3. The number of aromatic carboxylic acids is 1. The summed E-state index contributed by atoms with van der Waals surface area (Å²) in [6.45, 7) is 1.46. The first-order valence-corrected chi connectivity index (χ1v) is 8.30. The summed E-state index contributed by atoms with van der Waals surface area (Å²) in [6.07, 6.45) is -4.30. The van der Waals surface area contributed by atoms with Crippen molar-refractivity contribution in [2.45, 2.75) is 13.1 Å². The second-order valence-electron chi connectivity index (χ2n) is 5.41. The molecule has 0 aromatic heterocycles. The summed E-state index contributed by atoms with van der Waals surface area (Å²) in [5, 5.41) is 9.07. The van der Waals surface area contributed by atoms with E-state index in [1.165, 1.54) is 37.3 Å². The number of carbonyl (C=O) groups is 2. The van der Waals surface area contributed by atoms with Crippen LogP contribution in [-0.2, 0) is 0 Å². The van der Waals surface area contributed by atoms with Crippen LogP contribution in [0.1, 0.15) is 31.8 Å². The van der Waals surface area contributed by atoms with Crippen molar-refractivity contribution in [3.8, 4) is 0 Å². The van der Waals surface area contributed by atoms with E-state index >= 15 is 0 Å². The van der Waals surface area contributed by atoms with E-state index in [-0.39, 0.29) is 27.3 Å². The monoisotopic (exact) mass is 446 g/mol. The third-order valence-electron chi connectivity index (χ3n) is 3.50. The summed E-state index contributed by atoms with van der Waals surface area (Å²) in [6, 6.07) is 7.34. The zero-order valence-corrected chi connectivity index (χ0v) is 15.5. The van der Waals surface area contributed by atoms with Crippen LogP contribution in [0.2, 0.25) is 5.02 Å². The van der Waals surface area contributed by atoms with Crippen LogP contribution in [0.3, 0.4) is 0 Å². The molecule has 1 N–H and O–H groups in total. The Bertz CT molecular complexity index is 900. The van der Waals surface area contributed by atoms with Crippen LogP contribution < -0.4 is 0 Å². The van der Waals surface area contributed by atoms with Gasteiger partial charge in [0.2, 0.25) is 0 Å². The maximum absolute atomic E-state index is 13.4. The molecule has 136 valence electrons. The van der Waals surface area contributed by atoms with E-state index < -0.39 is 23.5 Å². The Morgan fingerprint density at radius 2 is 1.77 bits per heavy atom. The fourth-order valence-electron chi connectivity index (χ4n) is 2.31. The number of ketones is 1. The molecule has 2 rings (SSSR count). The van der Waals surface area contributed by atoms with Gasteiger partial charge in [0.15, 0.2) is 5.78 Å². The number of carbonyl (C=O) groups excluding carboxylic acids is 1. The second kappa shape index (κ2) is 7.63. The molecule has 3 nitrogen and oxygen atoms in total. The zero-order chi connectivity index (χ0) is 19.6. The SMILES string of the molecule is Cc1cc(C(=O)C=C(c2cc(Cl)cc(Br)c2)C(F)(F)F)ccc1C(=O)O. The molecule has 0 heterocycles. The van der Waals surface area contributed by atoms with Crippen LogP contribution in [0.4, 0.5) is 13.2 Å². The lowest BCUT2D eigenvalue weighted by Gasteiger charge is -2.13. The van der Waals surface area contributed by atoms with Gasteiger partial charge in [0.1, 0.15) is 0 Å². The predicted octanol–water partition coefficient (Wildman–Crippen LogP) is 5.94. The number of carboxylic acid groups (broad SMARTS) is 1. The second-order valence-corrected chi connectivity index (χ2v) is 6.77. The minimum Gasteiger partial charge on any atom is -0.478 e.